The Morgan fingerprint density at radius 3 is 2.63 bits per heavy atom. The summed E-state index contributed by atoms with van der Waals surface area (Å²) in [7, 11) is 0. The van der Waals surface area contributed by atoms with Crippen LogP contribution in [0, 0.1) is 5.92 Å². The van der Waals surface area contributed by atoms with Crippen LogP contribution in [0.25, 0.3) is 0 Å². The predicted molar refractivity (Wildman–Crippen MR) is 102 cm³/mol. The van der Waals surface area contributed by atoms with Crippen LogP contribution in [0.3, 0.4) is 0 Å². The molecule has 0 spiro atoms. The Morgan fingerprint density at radius 1 is 1.22 bits per heavy atom. The molecule has 2 amide bonds. The number of allylic oxidation sites excluding steroid dienone is 2. The lowest BCUT2D eigenvalue weighted by Crippen LogP contribution is -2.64. The number of rotatable bonds is 4. The SMILES string of the molecule is O=C(Nc1ccc(Cl)c(Cl)c1)NC1(N2CCC(C(=O)O)C2)C=CC=CC1=O. The first-order valence-corrected chi connectivity index (χ1v) is 9.00. The molecule has 0 bridgehead atoms. The van der Waals surface area contributed by atoms with Crippen LogP contribution >= 0.6 is 23.2 Å². The van der Waals surface area contributed by atoms with E-state index in [1.54, 1.807) is 35.3 Å². The fourth-order valence-corrected chi connectivity index (χ4v) is 3.48. The molecule has 0 aromatic heterocycles. The summed E-state index contributed by atoms with van der Waals surface area (Å²) in [5, 5.41) is 15.2. The second-order valence-electron chi connectivity index (χ2n) is 6.33. The fourth-order valence-electron chi connectivity index (χ4n) is 3.18. The van der Waals surface area contributed by atoms with Gasteiger partial charge in [-0.2, -0.15) is 0 Å². The zero-order valence-electron chi connectivity index (χ0n) is 14.1. The van der Waals surface area contributed by atoms with Gasteiger partial charge < -0.3 is 15.7 Å². The third-order valence-electron chi connectivity index (χ3n) is 4.59. The van der Waals surface area contributed by atoms with Crippen molar-refractivity contribution in [2.45, 2.75) is 12.1 Å². The second kappa shape index (κ2) is 7.72. The molecule has 3 rings (SSSR count). The molecule has 3 N–H and O–H groups in total. The summed E-state index contributed by atoms with van der Waals surface area (Å²) in [6.07, 6.45) is 6.54. The van der Waals surface area contributed by atoms with E-state index in [0.29, 0.717) is 23.7 Å². The van der Waals surface area contributed by atoms with E-state index in [-0.39, 0.29) is 17.4 Å². The van der Waals surface area contributed by atoms with E-state index in [2.05, 4.69) is 10.6 Å². The standard InChI is InChI=1S/C18H17Cl2N3O4/c19-13-5-4-12(9-14(13)20)21-17(27)22-18(7-2-1-3-15(18)24)23-8-6-11(10-23)16(25)26/h1-5,7,9,11H,6,8,10H2,(H,25,26)(H2,21,22,27). The molecule has 0 saturated carbocycles. The molecule has 1 fully saturated rings. The van der Waals surface area contributed by atoms with Crippen LogP contribution in [-0.4, -0.2) is 46.5 Å². The highest BCUT2D eigenvalue weighted by molar-refractivity contribution is 6.42. The normalized spacial score (nSPS) is 24.8. The zero-order chi connectivity index (χ0) is 19.6. The number of ketones is 1. The average Bonchev–Trinajstić information content (AvgIpc) is 3.11. The minimum absolute atomic E-state index is 0.159. The number of aliphatic carboxylic acids is 1. The topological polar surface area (TPSA) is 98.7 Å². The van der Waals surface area contributed by atoms with Gasteiger partial charge in [0.2, 0.25) is 0 Å². The molecule has 1 aliphatic carbocycles. The van der Waals surface area contributed by atoms with Crippen molar-refractivity contribution in [3.63, 3.8) is 0 Å². The summed E-state index contributed by atoms with van der Waals surface area (Å²) < 4.78 is 0. The van der Waals surface area contributed by atoms with Crippen molar-refractivity contribution in [2.75, 3.05) is 18.4 Å². The molecule has 142 valence electrons. The Kier molecular flexibility index (Phi) is 5.55. The van der Waals surface area contributed by atoms with Gasteiger partial charge >= 0.3 is 12.0 Å². The number of nitrogens with zero attached hydrogens (tertiary/aromatic N) is 1. The lowest BCUT2D eigenvalue weighted by molar-refractivity contribution is -0.141. The highest BCUT2D eigenvalue weighted by Crippen LogP contribution is 2.29. The number of anilines is 1. The van der Waals surface area contributed by atoms with Gasteiger partial charge in [0.25, 0.3) is 0 Å². The Balaban J connectivity index is 1.80. The third kappa shape index (κ3) is 4.00. The molecule has 1 heterocycles. The molecular formula is C18H17Cl2N3O4. The summed E-state index contributed by atoms with van der Waals surface area (Å²) in [6.45, 7) is 0.528. The van der Waals surface area contributed by atoms with Crippen LogP contribution in [0.15, 0.2) is 42.5 Å². The molecule has 2 atom stereocenters. The first-order valence-electron chi connectivity index (χ1n) is 8.24. The van der Waals surface area contributed by atoms with Crippen LogP contribution in [0.2, 0.25) is 10.0 Å². The lowest BCUT2D eigenvalue weighted by atomic mass is 9.97. The van der Waals surface area contributed by atoms with Crippen LogP contribution in [-0.2, 0) is 9.59 Å². The second-order valence-corrected chi connectivity index (χ2v) is 7.14. The number of carboxylic acid groups (broad SMARTS) is 1. The number of amides is 2. The number of carbonyl (C=O) groups excluding carboxylic acids is 2. The molecule has 2 aliphatic rings. The lowest BCUT2D eigenvalue weighted by Gasteiger charge is -2.39. The van der Waals surface area contributed by atoms with E-state index < -0.39 is 23.6 Å². The maximum absolute atomic E-state index is 12.7. The maximum atomic E-state index is 12.7. The molecule has 2 unspecified atom stereocenters. The van der Waals surface area contributed by atoms with E-state index >= 15 is 0 Å². The van der Waals surface area contributed by atoms with Crippen molar-refractivity contribution in [3.05, 3.63) is 52.5 Å². The largest absolute Gasteiger partial charge is 0.481 e. The zero-order valence-corrected chi connectivity index (χ0v) is 15.6. The number of likely N-dealkylation sites (tertiary alicyclic amines) is 1. The monoisotopic (exact) mass is 409 g/mol. The number of carboxylic acids is 1. The van der Waals surface area contributed by atoms with Crippen molar-refractivity contribution < 1.29 is 19.5 Å². The first kappa shape index (κ1) is 19.4. The van der Waals surface area contributed by atoms with Crippen molar-refractivity contribution in [3.8, 4) is 0 Å². The Hall–Kier alpha value is -2.35. The summed E-state index contributed by atoms with van der Waals surface area (Å²) in [4.78, 5) is 38.1. The van der Waals surface area contributed by atoms with E-state index in [1.807, 2.05) is 0 Å². The third-order valence-corrected chi connectivity index (χ3v) is 5.33. The summed E-state index contributed by atoms with van der Waals surface area (Å²) in [5.41, 5.74) is -1.02. The van der Waals surface area contributed by atoms with Gasteiger partial charge in [0.05, 0.1) is 16.0 Å². The van der Waals surface area contributed by atoms with Gasteiger partial charge in [-0.25, -0.2) is 4.79 Å². The summed E-state index contributed by atoms with van der Waals surface area (Å²) in [5.74, 6) is -1.86. The van der Waals surface area contributed by atoms with Crippen LogP contribution < -0.4 is 10.6 Å². The smallest absolute Gasteiger partial charge is 0.321 e. The van der Waals surface area contributed by atoms with E-state index in [4.69, 9.17) is 23.2 Å². The molecule has 9 heteroatoms. The Morgan fingerprint density at radius 2 is 2.00 bits per heavy atom. The molecule has 7 nitrogen and oxygen atoms in total. The van der Waals surface area contributed by atoms with Crippen LogP contribution in [0.4, 0.5) is 10.5 Å². The van der Waals surface area contributed by atoms with Gasteiger partial charge in [0, 0.05) is 18.8 Å². The molecule has 27 heavy (non-hydrogen) atoms. The molecule has 1 aliphatic heterocycles. The number of halogens is 2. The number of carbonyl (C=O) groups is 3. The van der Waals surface area contributed by atoms with Crippen LogP contribution in [0.5, 0.6) is 0 Å². The van der Waals surface area contributed by atoms with Gasteiger partial charge in [0.1, 0.15) is 0 Å². The highest BCUT2D eigenvalue weighted by Gasteiger charge is 2.46. The van der Waals surface area contributed by atoms with Crippen LogP contribution in [0.1, 0.15) is 6.42 Å². The van der Waals surface area contributed by atoms with Gasteiger partial charge in [0.15, 0.2) is 11.4 Å². The first-order chi connectivity index (χ1) is 12.8. The van der Waals surface area contributed by atoms with E-state index in [9.17, 15) is 19.5 Å². The summed E-state index contributed by atoms with van der Waals surface area (Å²) >= 11 is 11.8. The van der Waals surface area contributed by atoms with Crippen molar-refractivity contribution in [1.82, 2.24) is 10.2 Å². The quantitative estimate of drug-likeness (QED) is 0.709. The highest BCUT2D eigenvalue weighted by atomic mass is 35.5. The molecular weight excluding hydrogens is 393 g/mol. The van der Waals surface area contributed by atoms with Crippen molar-refractivity contribution in [2.24, 2.45) is 5.92 Å². The van der Waals surface area contributed by atoms with Gasteiger partial charge in [-0.05, 0) is 36.8 Å². The number of hydrogen-bond acceptors (Lipinski definition) is 4. The van der Waals surface area contributed by atoms with E-state index in [0.717, 1.165) is 0 Å². The van der Waals surface area contributed by atoms with E-state index in [1.165, 1.54) is 12.1 Å². The number of urea groups is 1. The molecule has 0 radical (unpaired) electrons. The Labute approximate surface area is 165 Å². The van der Waals surface area contributed by atoms with Crippen molar-refractivity contribution in [1.29, 1.82) is 0 Å². The van der Waals surface area contributed by atoms with Gasteiger partial charge in [-0.15, -0.1) is 0 Å². The molecule has 1 saturated heterocycles. The predicted octanol–water partition coefficient (Wildman–Crippen LogP) is 2.91. The number of hydrogen-bond donors (Lipinski definition) is 3. The van der Waals surface area contributed by atoms with Gasteiger partial charge in [-0.1, -0.05) is 35.4 Å². The maximum Gasteiger partial charge on any atom is 0.321 e. The fraction of sp³-hybridized carbons (Fsp3) is 0.278. The molecule has 1 aromatic rings. The Bertz CT molecular complexity index is 855. The number of nitrogens with one attached hydrogen (secondary N) is 2. The number of benzene rings is 1. The minimum atomic E-state index is -1.43. The van der Waals surface area contributed by atoms with Gasteiger partial charge in [-0.3, -0.25) is 14.5 Å². The minimum Gasteiger partial charge on any atom is -0.481 e. The van der Waals surface area contributed by atoms with Crippen molar-refractivity contribution >= 4 is 46.7 Å². The summed E-state index contributed by atoms with van der Waals surface area (Å²) in [6, 6.07) is 3.99. The average molecular weight is 410 g/mol. The molecule has 1 aromatic carbocycles.